The van der Waals surface area contributed by atoms with Gasteiger partial charge in [0.1, 0.15) is 0 Å². The van der Waals surface area contributed by atoms with Crippen molar-refractivity contribution in [3.8, 4) is 0 Å². The van der Waals surface area contributed by atoms with Crippen LogP contribution in [-0.2, 0) is 0 Å². The molecule has 4 heteroatoms. The van der Waals surface area contributed by atoms with Crippen molar-refractivity contribution in [3.05, 3.63) is 71.8 Å². The lowest BCUT2D eigenvalue weighted by atomic mass is 9.96. The summed E-state index contributed by atoms with van der Waals surface area (Å²) in [5.41, 5.74) is 2.07. The highest BCUT2D eigenvalue weighted by atomic mass is 32.2. The molecule has 3 rings (SSSR count). The second-order valence-corrected chi connectivity index (χ2v) is 5.86. The Morgan fingerprint density at radius 3 is 1.81 bits per heavy atom. The lowest BCUT2D eigenvalue weighted by Gasteiger charge is -2.30. The van der Waals surface area contributed by atoms with Gasteiger partial charge in [-0.05, 0) is 6.26 Å². The zero-order valence-electron chi connectivity index (χ0n) is 11.7. The van der Waals surface area contributed by atoms with Crippen molar-refractivity contribution in [2.24, 2.45) is 0 Å². The van der Waals surface area contributed by atoms with Crippen LogP contribution in [0, 0.1) is 0 Å². The zero-order chi connectivity index (χ0) is 14.9. The van der Waals surface area contributed by atoms with Crippen LogP contribution in [0.4, 0.5) is 8.78 Å². The molecule has 0 aromatic heterocycles. The maximum atomic E-state index is 13.7. The Bertz CT molecular complexity index is 614. The molecule has 0 aliphatic carbocycles. The summed E-state index contributed by atoms with van der Waals surface area (Å²) in [7, 11) is 0. The van der Waals surface area contributed by atoms with Gasteiger partial charge in [-0.2, -0.15) is 8.78 Å². The summed E-state index contributed by atoms with van der Waals surface area (Å²) < 4.78 is 29.3. The van der Waals surface area contributed by atoms with Crippen LogP contribution in [0.25, 0.3) is 0 Å². The van der Waals surface area contributed by atoms with Crippen molar-refractivity contribution < 1.29 is 13.4 Å². The molecule has 0 spiro atoms. The molecule has 1 heterocycles. The van der Waals surface area contributed by atoms with Gasteiger partial charge in [-0.1, -0.05) is 72.4 Å². The minimum Gasteiger partial charge on any atom is -0.204 e. The first-order valence-corrected chi connectivity index (χ1v) is 8.02. The summed E-state index contributed by atoms with van der Waals surface area (Å²) in [5, 5.41) is 0.153. The molecule has 21 heavy (non-hydrogen) atoms. The number of alkyl halides is 2. The maximum Gasteiger partial charge on any atom is 0.392 e. The van der Waals surface area contributed by atoms with Gasteiger partial charge in [0.05, 0.1) is 0 Å². The van der Waals surface area contributed by atoms with Gasteiger partial charge in [0.15, 0.2) is 0 Å². The highest BCUT2D eigenvalue weighted by Gasteiger charge is 2.58. The molecular weight excluding hydrogens is 288 g/mol. The van der Waals surface area contributed by atoms with Gasteiger partial charge < -0.3 is 0 Å². The standard InChI is InChI=1S/C17H16F2NS/c1-21-16-17(18,19)12-20(16)15(13-8-4-2-5-9-13)14-10-6-3-7-11-14/h2-11,15H,12H2,1H3/q+1. The van der Waals surface area contributed by atoms with E-state index in [1.807, 2.05) is 60.7 Å². The summed E-state index contributed by atoms with van der Waals surface area (Å²) in [6, 6.07) is 19.5. The minimum absolute atomic E-state index is 0.153. The van der Waals surface area contributed by atoms with Gasteiger partial charge in [-0.15, -0.1) is 0 Å². The molecule has 2 aromatic rings. The fraction of sp³-hybridized carbons (Fsp3) is 0.235. The Hall–Kier alpha value is -1.68. The van der Waals surface area contributed by atoms with Gasteiger partial charge in [0, 0.05) is 11.1 Å². The van der Waals surface area contributed by atoms with Gasteiger partial charge in [0.2, 0.25) is 12.6 Å². The highest BCUT2D eigenvalue weighted by molar-refractivity contribution is 8.13. The molecule has 0 N–H and O–H groups in total. The molecule has 0 saturated heterocycles. The zero-order valence-corrected chi connectivity index (χ0v) is 12.5. The Morgan fingerprint density at radius 1 is 0.952 bits per heavy atom. The number of rotatable bonds is 3. The first-order chi connectivity index (χ1) is 10.1. The third kappa shape index (κ3) is 2.60. The first kappa shape index (κ1) is 14.3. The molecular formula is C17H16F2NS+. The lowest BCUT2D eigenvalue weighted by molar-refractivity contribution is -0.610. The summed E-state index contributed by atoms with van der Waals surface area (Å²) in [5.74, 6) is -2.69. The molecule has 0 saturated carbocycles. The fourth-order valence-corrected chi connectivity index (χ4v) is 3.54. The van der Waals surface area contributed by atoms with Crippen LogP contribution in [0.15, 0.2) is 60.7 Å². The fourth-order valence-electron chi connectivity index (χ4n) is 2.77. The molecule has 108 valence electrons. The predicted octanol–water partition coefficient (Wildman–Crippen LogP) is 4.20. The van der Waals surface area contributed by atoms with Crippen LogP contribution in [0.1, 0.15) is 17.2 Å². The van der Waals surface area contributed by atoms with Crippen LogP contribution in [-0.4, -0.2) is 28.3 Å². The predicted molar refractivity (Wildman–Crippen MR) is 83.3 cm³/mol. The molecule has 0 unspecified atom stereocenters. The number of nitrogens with zero attached hydrogens (tertiary/aromatic N) is 1. The summed E-state index contributed by atoms with van der Waals surface area (Å²) in [6.07, 6.45) is 1.71. The third-order valence-electron chi connectivity index (χ3n) is 3.68. The van der Waals surface area contributed by atoms with E-state index >= 15 is 0 Å². The van der Waals surface area contributed by atoms with E-state index in [1.165, 1.54) is 0 Å². The summed E-state index contributed by atoms with van der Waals surface area (Å²) in [6.45, 7) is -0.225. The van der Waals surface area contributed by atoms with Crippen molar-refractivity contribution in [1.29, 1.82) is 0 Å². The average Bonchev–Trinajstić information content (AvgIpc) is 2.49. The van der Waals surface area contributed by atoms with E-state index in [4.69, 9.17) is 0 Å². The van der Waals surface area contributed by atoms with E-state index in [-0.39, 0.29) is 17.6 Å². The topological polar surface area (TPSA) is 3.01 Å². The number of hydrogen-bond donors (Lipinski definition) is 0. The third-order valence-corrected chi connectivity index (χ3v) is 4.60. The van der Waals surface area contributed by atoms with Crippen molar-refractivity contribution in [3.63, 3.8) is 0 Å². The normalized spacial score (nSPS) is 17.0. The van der Waals surface area contributed by atoms with Gasteiger partial charge in [0.25, 0.3) is 5.04 Å². The van der Waals surface area contributed by atoms with Gasteiger partial charge in [-0.3, -0.25) is 0 Å². The monoisotopic (exact) mass is 304 g/mol. The first-order valence-electron chi connectivity index (χ1n) is 6.79. The number of halogens is 2. The Kier molecular flexibility index (Phi) is 3.81. The van der Waals surface area contributed by atoms with Crippen LogP contribution in [0.5, 0.6) is 0 Å². The summed E-state index contributed by atoms with van der Waals surface area (Å²) >= 11 is 1.14. The molecule has 0 bridgehead atoms. The van der Waals surface area contributed by atoms with Crippen molar-refractivity contribution >= 4 is 16.8 Å². The second kappa shape index (κ2) is 5.60. The molecule has 0 amide bonds. The molecule has 0 fully saturated rings. The molecule has 1 nitrogen and oxygen atoms in total. The SMILES string of the molecule is CSC1=[N+](C(c2ccccc2)c2ccccc2)CC1(F)F. The Morgan fingerprint density at radius 2 is 1.43 bits per heavy atom. The van der Waals surface area contributed by atoms with Crippen molar-refractivity contribution in [1.82, 2.24) is 0 Å². The smallest absolute Gasteiger partial charge is 0.204 e. The Labute approximate surface area is 127 Å². The van der Waals surface area contributed by atoms with Crippen molar-refractivity contribution in [2.45, 2.75) is 12.0 Å². The summed E-state index contributed by atoms with van der Waals surface area (Å²) in [4.78, 5) is 0. The molecule has 0 radical (unpaired) electrons. The van der Waals surface area contributed by atoms with E-state index in [9.17, 15) is 8.78 Å². The minimum atomic E-state index is -2.69. The number of thioether (sulfide) groups is 1. The quantitative estimate of drug-likeness (QED) is 0.768. The average molecular weight is 304 g/mol. The van der Waals surface area contributed by atoms with E-state index < -0.39 is 5.92 Å². The van der Waals surface area contributed by atoms with E-state index in [0.717, 1.165) is 22.9 Å². The molecule has 1 aliphatic heterocycles. The second-order valence-electron chi connectivity index (χ2n) is 5.07. The number of benzene rings is 2. The van der Waals surface area contributed by atoms with E-state index in [1.54, 1.807) is 10.8 Å². The lowest BCUT2D eigenvalue weighted by Crippen LogP contribution is -2.53. The van der Waals surface area contributed by atoms with E-state index in [0.29, 0.717) is 0 Å². The number of hydrogen-bond acceptors (Lipinski definition) is 1. The Balaban J connectivity index is 2.11. The maximum absolute atomic E-state index is 13.7. The van der Waals surface area contributed by atoms with Crippen LogP contribution in [0.2, 0.25) is 0 Å². The van der Waals surface area contributed by atoms with Gasteiger partial charge in [-0.25, -0.2) is 4.58 Å². The van der Waals surface area contributed by atoms with Crippen LogP contribution in [0.3, 0.4) is 0 Å². The highest BCUT2D eigenvalue weighted by Crippen LogP contribution is 2.38. The van der Waals surface area contributed by atoms with Crippen molar-refractivity contribution in [2.75, 3.05) is 12.8 Å². The molecule has 2 aromatic carbocycles. The van der Waals surface area contributed by atoms with Crippen LogP contribution < -0.4 is 0 Å². The molecule has 1 aliphatic rings. The van der Waals surface area contributed by atoms with Crippen LogP contribution >= 0.6 is 11.8 Å². The molecule has 0 atom stereocenters. The largest absolute Gasteiger partial charge is 0.392 e. The van der Waals surface area contributed by atoms with E-state index in [2.05, 4.69) is 0 Å². The van der Waals surface area contributed by atoms with Gasteiger partial charge >= 0.3 is 5.92 Å².